The van der Waals surface area contributed by atoms with Crippen LogP contribution >= 0.6 is 0 Å². The topological polar surface area (TPSA) is 38.3 Å². The van der Waals surface area contributed by atoms with Crippen molar-refractivity contribution in [2.24, 2.45) is 0 Å². The van der Waals surface area contributed by atoms with Crippen molar-refractivity contribution in [3.05, 3.63) is 59.7 Å². The summed E-state index contributed by atoms with van der Waals surface area (Å²) in [6.45, 7) is 4.16. The van der Waals surface area contributed by atoms with Crippen LogP contribution in [-0.2, 0) is 17.6 Å². The van der Waals surface area contributed by atoms with Crippen molar-refractivity contribution in [3.8, 4) is 5.75 Å². The molecule has 0 aliphatic carbocycles. The van der Waals surface area contributed by atoms with Crippen LogP contribution in [0.5, 0.6) is 5.75 Å². The number of carbonyl (C=O) groups excluding carboxylic acids is 1. The van der Waals surface area contributed by atoms with Crippen LogP contribution in [0.2, 0.25) is 0 Å². The summed E-state index contributed by atoms with van der Waals surface area (Å²) >= 11 is 0. The Bertz CT molecular complexity index is 608. The number of aryl methyl sites for hydroxylation is 2. The van der Waals surface area contributed by atoms with Crippen LogP contribution in [0.4, 0.5) is 5.69 Å². The Labute approximate surface area is 126 Å². The second kappa shape index (κ2) is 7.48. The summed E-state index contributed by atoms with van der Waals surface area (Å²) in [5.74, 6) is 0.640. The first kappa shape index (κ1) is 15.1. The molecule has 0 spiro atoms. The maximum Gasteiger partial charge on any atom is 0.262 e. The maximum absolute atomic E-state index is 12.0. The van der Waals surface area contributed by atoms with Gasteiger partial charge in [-0.05, 0) is 36.1 Å². The van der Waals surface area contributed by atoms with Crippen LogP contribution in [0.15, 0.2) is 48.5 Å². The van der Waals surface area contributed by atoms with E-state index in [0.29, 0.717) is 0 Å². The molecule has 0 aliphatic heterocycles. The smallest absolute Gasteiger partial charge is 0.262 e. The Hall–Kier alpha value is -2.29. The van der Waals surface area contributed by atoms with Gasteiger partial charge in [0.2, 0.25) is 0 Å². The highest BCUT2D eigenvalue weighted by atomic mass is 16.5. The van der Waals surface area contributed by atoms with Crippen molar-refractivity contribution in [2.75, 3.05) is 11.9 Å². The lowest BCUT2D eigenvalue weighted by Gasteiger charge is -2.12. The zero-order valence-corrected chi connectivity index (χ0v) is 12.6. The number of hydrogen-bond acceptors (Lipinski definition) is 2. The molecule has 0 atom stereocenters. The summed E-state index contributed by atoms with van der Waals surface area (Å²) in [6.07, 6.45) is 1.77. The Kier molecular flexibility index (Phi) is 5.38. The Morgan fingerprint density at radius 3 is 2.29 bits per heavy atom. The number of nitrogens with one attached hydrogen (secondary N) is 1. The van der Waals surface area contributed by atoms with Gasteiger partial charge in [-0.15, -0.1) is 0 Å². The van der Waals surface area contributed by atoms with Crippen molar-refractivity contribution in [1.82, 2.24) is 0 Å². The molecule has 0 aromatic heterocycles. The summed E-state index contributed by atoms with van der Waals surface area (Å²) in [7, 11) is 0. The molecule has 2 aromatic rings. The number of anilines is 1. The third kappa shape index (κ3) is 4.09. The van der Waals surface area contributed by atoms with E-state index in [1.54, 1.807) is 0 Å². The molecule has 1 amide bonds. The molecule has 3 nitrogen and oxygen atoms in total. The van der Waals surface area contributed by atoms with E-state index < -0.39 is 0 Å². The van der Waals surface area contributed by atoms with Crippen molar-refractivity contribution >= 4 is 11.6 Å². The van der Waals surface area contributed by atoms with Crippen molar-refractivity contribution < 1.29 is 9.53 Å². The first-order valence-corrected chi connectivity index (χ1v) is 7.33. The van der Waals surface area contributed by atoms with E-state index in [0.717, 1.165) is 35.4 Å². The van der Waals surface area contributed by atoms with Gasteiger partial charge in [0.1, 0.15) is 5.75 Å². The summed E-state index contributed by atoms with van der Waals surface area (Å²) < 4.78 is 5.62. The van der Waals surface area contributed by atoms with Crippen LogP contribution in [0.1, 0.15) is 25.0 Å². The molecule has 0 saturated heterocycles. The monoisotopic (exact) mass is 283 g/mol. The third-order valence-corrected chi connectivity index (χ3v) is 3.38. The predicted molar refractivity (Wildman–Crippen MR) is 85.8 cm³/mol. The molecular formula is C18H21NO2. The summed E-state index contributed by atoms with van der Waals surface area (Å²) in [5.41, 5.74) is 3.09. The first-order valence-electron chi connectivity index (χ1n) is 7.33. The first-order chi connectivity index (χ1) is 10.2. The molecule has 0 fully saturated rings. The molecule has 1 N–H and O–H groups in total. The quantitative estimate of drug-likeness (QED) is 0.875. The minimum Gasteiger partial charge on any atom is -0.483 e. The Morgan fingerprint density at radius 1 is 0.952 bits per heavy atom. The zero-order valence-electron chi connectivity index (χ0n) is 12.6. The van der Waals surface area contributed by atoms with Gasteiger partial charge in [0.05, 0.1) is 0 Å². The van der Waals surface area contributed by atoms with E-state index in [1.165, 1.54) is 0 Å². The number of rotatable bonds is 6. The van der Waals surface area contributed by atoms with E-state index in [9.17, 15) is 4.79 Å². The van der Waals surface area contributed by atoms with Crippen LogP contribution < -0.4 is 10.1 Å². The van der Waals surface area contributed by atoms with E-state index in [4.69, 9.17) is 4.74 Å². The van der Waals surface area contributed by atoms with E-state index in [2.05, 4.69) is 19.2 Å². The molecular weight excluding hydrogens is 262 g/mol. The number of carbonyl (C=O) groups is 1. The van der Waals surface area contributed by atoms with E-state index in [1.807, 2.05) is 48.5 Å². The summed E-state index contributed by atoms with van der Waals surface area (Å²) in [6, 6.07) is 15.6. The lowest BCUT2D eigenvalue weighted by Crippen LogP contribution is -2.21. The molecule has 0 radical (unpaired) electrons. The van der Waals surface area contributed by atoms with Crippen LogP contribution in [0.25, 0.3) is 0 Å². The minimum atomic E-state index is -0.137. The average molecular weight is 283 g/mol. The Balaban J connectivity index is 1.96. The van der Waals surface area contributed by atoms with Gasteiger partial charge in [-0.1, -0.05) is 50.2 Å². The molecule has 110 valence electrons. The number of benzene rings is 2. The maximum atomic E-state index is 12.0. The van der Waals surface area contributed by atoms with Gasteiger partial charge in [-0.2, -0.15) is 0 Å². The van der Waals surface area contributed by atoms with Crippen molar-refractivity contribution in [2.45, 2.75) is 26.7 Å². The molecule has 0 bridgehead atoms. The van der Waals surface area contributed by atoms with Crippen LogP contribution in [0.3, 0.4) is 0 Å². The fraction of sp³-hybridized carbons (Fsp3) is 0.278. The fourth-order valence-electron chi connectivity index (χ4n) is 2.22. The lowest BCUT2D eigenvalue weighted by atomic mass is 10.1. The molecule has 2 rings (SSSR count). The highest BCUT2D eigenvalue weighted by molar-refractivity contribution is 5.92. The normalized spacial score (nSPS) is 10.2. The molecule has 0 heterocycles. The number of para-hydroxylation sites is 2. The van der Waals surface area contributed by atoms with Crippen molar-refractivity contribution in [1.29, 1.82) is 0 Å². The number of hydrogen-bond donors (Lipinski definition) is 1. The van der Waals surface area contributed by atoms with E-state index in [-0.39, 0.29) is 12.5 Å². The number of amides is 1. The van der Waals surface area contributed by atoms with Crippen LogP contribution in [0, 0.1) is 0 Å². The molecule has 3 heteroatoms. The largest absolute Gasteiger partial charge is 0.483 e. The lowest BCUT2D eigenvalue weighted by molar-refractivity contribution is -0.118. The van der Waals surface area contributed by atoms with Gasteiger partial charge in [0, 0.05) is 5.69 Å². The zero-order chi connectivity index (χ0) is 15.1. The summed E-state index contributed by atoms with van der Waals surface area (Å²) in [5, 5.41) is 2.91. The highest BCUT2D eigenvalue weighted by Gasteiger charge is 2.08. The van der Waals surface area contributed by atoms with Crippen molar-refractivity contribution in [3.63, 3.8) is 0 Å². The van der Waals surface area contributed by atoms with Gasteiger partial charge >= 0.3 is 0 Å². The molecule has 2 aromatic carbocycles. The molecule has 0 aliphatic rings. The average Bonchev–Trinajstić information content (AvgIpc) is 2.53. The predicted octanol–water partition coefficient (Wildman–Crippen LogP) is 3.83. The second-order valence-corrected chi connectivity index (χ2v) is 4.81. The van der Waals surface area contributed by atoms with Gasteiger partial charge in [-0.3, -0.25) is 4.79 Å². The third-order valence-electron chi connectivity index (χ3n) is 3.38. The Morgan fingerprint density at radius 2 is 1.57 bits per heavy atom. The molecule has 0 saturated carbocycles. The minimum absolute atomic E-state index is 0.0229. The number of ether oxygens (including phenoxy) is 1. The fourth-order valence-corrected chi connectivity index (χ4v) is 2.22. The SMILES string of the molecule is CCc1ccccc1NC(=O)COc1ccccc1CC. The molecule has 21 heavy (non-hydrogen) atoms. The highest BCUT2D eigenvalue weighted by Crippen LogP contribution is 2.19. The van der Waals surface area contributed by atoms with Crippen LogP contribution in [-0.4, -0.2) is 12.5 Å². The second-order valence-electron chi connectivity index (χ2n) is 4.81. The standard InChI is InChI=1S/C18H21NO2/c1-3-14-9-5-7-11-16(14)19-18(20)13-21-17-12-8-6-10-15(17)4-2/h5-12H,3-4,13H2,1-2H3,(H,19,20). The van der Waals surface area contributed by atoms with Gasteiger partial charge < -0.3 is 10.1 Å². The van der Waals surface area contributed by atoms with Gasteiger partial charge in [-0.25, -0.2) is 0 Å². The van der Waals surface area contributed by atoms with E-state index >= 15 is 0 Å². The van der Waals surface area contributed by atoms with Gasteiger partial charge in [0.15, 0.2) is 6.61 Å². The summed E-state index contributed by atoms with van der Waals surface area (Å²) in [4.78, 5) is 12.0. The molecule has 0 unspecified atom stereocenters. The van der Waals surface area contributed by atoms with Gasteiger partial charge in [0.25, 0.3) is 5.91 Å².